The Labute approximate surface area is 324 Å². The van der Waals surface area contributed by atoms with Crippen molar-refractivity contribution in [3.8, 4) is 11.5 Å². The van der Waals surface area contributed by atoms with E-state index in [1.54, 1.807) is 39.8 Å². The molecule has 0 saturated carbocycles. The zero-order chi connectivity index (χ0) is 39.7. The number of alkyl carbamates (subject to hydrolysis) is 1. The number of hydrogen-bond donors (Lipinski definition) is 3. The van der Waals surface area contributed by atoms with Crippen molar-refractivity contribution in [1.29, 1.82) is 0 Å². The van der Waals surface area contributed by atoms with Gasteiger partial charge in [0, 0.05) is 24.9 Å². The van der Waals surface area contributed by atoms with E-state index < -0.39 is 46.5 Å². The number of nitrogens with one attached hydrogen (secondary N) is 3. The van der Waals surface area contributed by atoms with E-state index in [1.807, 2.05) is 50.2 Å². The molecule has 14 heteroatoms. The van der Waals surface area contributed by atoms with Crippen LogP contribution in [0.5, 0.6) is 11.5 Å². The second-order valence-corrected chi connectivity index (χ2v) is 14.7. The summed E-state index contributed by atoms with van der Waals surface area (Å²) < 4.78 is 21.4. The van der Waals surface area contributed by atoms with Gasteiger partial charge in [-0.25, -0.2) is 9.59 Å². The maximum Gasteiger partial charge on any atom is 0.408 e. The lowest BCUT2D eigenvalue weighted by molar-refractivity contribution is -0.143. The minimum atomic E-state index is -0.980. The summed E-state index contributed by atoms with van der Waals surface area (Å²) in [4.78, 5) is 72.4. The molecule has 0 radical (unpaired) electrons. The highest BCUT2D eigenvalue weighted by atomic mass is 127. The fourth-order valence-electron chi connectivity index (χ4n) is 4.78. The number of unbranched alkanes of at least 4 members (excludes halogenated alkanes) is 2. The second kappa shape index (κ2) is 21.9. The topological polar surface area (TPSA) is 175 Å². The molecule has 0 aliphatic carbocycles. The fraction of sp³-hybridized carbons (Fsp3) is 0.487. The quantitative estimate of drug-likeness (QED) is 0.0749. The minimum absolute atomic E-state index is 0.0444. The van der Waals surface area contributed by atoms with E-state index in [2.05, 4.69) is 50.2 Å². The molecular formula is C39H52IN3O10. The lowest BCUT2D eigenvalue weighted by Crippen LogP contribution is -2.55. The van der Waals surface area contributed by atoms with Gasteiger partial charge in [0.15, 0.2) is 12.4 Å². The molecule has 0 spiro atoms. The van der Waals surface area contributed by atoms with E-state index in [9.17, 15) is 28.8 Å². The number of carbonyl (C=O) groups is 4. The third-order valence-electron chi connectivity index (χ3n) is 7.46. The van der Waals surface area contributed by atoms with Crippen LogP contribution in [-0.4, -0.2) is 67.9 Å². The lowest BCUT2D eigenvalue weighted by atomic mass is 10.0. The van der Waals surface area contributed by atoms with Crippen LogP contribution in [0, 0.1) is 10.5 Å². The summed E-state index contributed by atoms with van der Waals surface area (Å²) in [5, 5.41) is 8.46. The Bertz CT molecular complexity index is 1730. The molecular weight excluding hydrogens is 797 g/mol. The maximum absolute atomic E-state index is 13.6. The Hall–Kier alpha value is -4.47. The SMILES string of the molecule is CCCCCNC(=O)[C@H](Cc1ccc(OCC(=O)OC)c(I)c1)NC(=O)[C@H](Cc1ccccc1)NC(=O)OC(C)(C)C.Cc1c(OC(C)C)c(=O)c1=O. The van der Waals surface area contributed by atoms with E-state index in [4.69, 9.17) is 14.2 Å². The number of hydrogen-bond acceptors (Lipinski definition) is 10. The predicted octanol–water partition coefficient (Wildman–Crippen LogP) is 4.69. The van der Waals surface area contributed by atoms with Crippen molar-refractivity contribution in [3.05, 3.63) is 89.2 Å². The van der Waals surface area contributed by atoms with Crippen LogP contribution >= 0.6 is 22.6 Å². The highest BCUT2D eigenvalue weighted by molar-refractivity contribution is 14.1. The highest BCUT2D eigenvalue weighted by Crippen LogP contribution is 2.23. The number of esters is 1. The van der Waals surface area contributed by atoms with Gasteiger partial charge in [0.2, 0.25) is 17.2 Å². The van der Waals surface area contributed by atoms with Gasteiger partial charge < -0.3 is 34.9 Å². The zero-order valence-electron chi connectivity index (χ0n) is 31.8. The first kappa shape index (κ1) is 44.7. The number of ether oxygens (including phenoxy) is 4. The van der Waals surface area contributed by atoms with Crippen LogP contribution in [0.15, 0.2) is 58.1 Å². The molecule has 0 heterocycles. The van der Waals surface area contributed by atoms with E-state index in [1.165, 1.54) is 7.11 Å². The first-order chi connectivity index (χ1) is 24.9. The van der Waals surface area contributed by atoms with Gasteiger partial charge in [-0.15, -0.1) is 0 Å². The molecule has 3 rings (SSSR count). The third kappa shape index (κ3) is 16.0. The molecule has 0 unspecified atom stereocenters. The second-order valence-electron chi connectivity index (χ2n) is 13.6. The highest BCUT2D eigenvalue weighted by Gasteiger charge is 2.29. The maximum atomic E-state index is 13.6. The summed E-state index contributed by atoms with van der Waals surface area (Å²) in [7, 11) is 1.29. The Balaban J connectivity index is 0.000000751. The van der Waals surface area contributed by atoms with Crippen LogP contribution in [0.4, 0.5) is 4.79 Å². The van der Waals surface area contributed by atoms with Crippen LogP contribution < -0.4 is 36.3 Å². The molecule has 0 fully saturated rings. The van der Waals surface area contributed by atoms with Gasteiger partial charge in [-0.1, -0.05) is 56.2 Å². The monoisotopic (exact) mass is 849 g/mol. The molecule has 0 aliphatic heterocycles. The average Bonchev–Trinajstić information content (AvgIpc) is 3.10. The summed E-state index contributed by atoms with van der Waals surface area (Å²) in [6, 6.07) is 12.7. The molecule has 53 heavy (non-hydrogen) atoms. The Morgan fingerprint density at radius 1 is 0.849 bits per heavy atom. The number of halogens is 1. The van der Waals surface area contributed by atoms with E-state index >= 15 is 0 Å². The summed E-state index contributed by atoms with van der Waals surface area (Å²) >= 11 is 2.09. The van der Waals surface area contributed by atoms with Gasteiger partial charge in [-0.2, -0.15) is 0 Å². The van der Waals surface area contributed by atoms with E-state index in [0.29, 0.717) is 17.9 Å². The summed E-state index contributed by atoms with van der Waals surface area (Å²) in [6.07, 6.45) is 2.44. The van der Waals surface area contributed by atoms with Crippen LogP contribution in [0.3, 0.4) is 0 Å². The normalized spacial score (nSPS) is 12.1. The van der Waals surface area contributed by atoms with Crippen molar-refractivity contribution in [2.45, 2.75) is 104 Å². The zero-order valence-corrected chi connectivity index (χ0v) is 33.9. The molecule has 0 bridgehead atoms. The van der Waals surface area contributed by atoms with Gasteiger partial charge in [0.1, 0.15) is 23.4 Å². The largest absolute Gasteiger partial charge is 0.486 e. The average molecular weight is 850 g/mol. The van der Waals surface area contributed by atoms with Crippen LogP contribution in [0.1, 0.15) is 77.5 Å². The predicted molar refractivity (Wildman–Crippen MR) is 210 cm³/mol. The smallest absolute Gasteiger partial charge is 0.408 e. The van der Waals surface area contributed by atoms with Crippen molar-refractivity contribution in [2.75, 3.05) is 20.3 Å². The number of rotatable bonds is 17. The third-order valence-corrected chi connectivity index (χ3v) is 8.30. The molecule has 0 saturated heterocycles. The molecule has 3 aromatic carbocycles. The van der Waals surface area contributed by atoms with Crippen molar-refractivity contribution in [2.24, 2.45) is 0 Å². The van der Waals surface area contributed by atoms with Gasteiger partial charge in [0.25, 0.3) is 5.43 Å². The fourth-order valence-corrected chi connectivity index (χ4v) is 5.52. The number of carbonyl (C=O) groups excluding carboxylic acids is 4. The first-order valence-electron chi connectivity index (χ1n) is 17.5. The summed E-state index contributed by atoms with van der Waals surface area (Å²) in [5.74, 6) is -0.589. The van der Waals surface area contributed by atoms with E-state index in [0.717, 1.165) is 34.0 Å². The minimum Gasteiger partial charge on any atom is -0.486 e. The van der Waals surface area contributed by atoms with Crippen molar-refractivity contribution >= 4 is 46.5 Å². The number of benzene rings is 2. The molecule has 290 valence electrons. The summed E-state index contributed by atoms with van der Waals surface area (Å²) in [5.41, 5.74) is 0.410. The molecule has 0 aromatic heterocycles. The van der Waals surface area contributed by atoms with Crippen LogP contribution in [0.2, 0.25) is 0 Å². The Kier molecular flexibility index (Phi) is 18.5. The molecule has 3 N–H and O–H groups in total. The van der Waals surface area contributed by atoms with Gasteiger partial charge in [-0.05, 0) is 93.8 Å². The standard InChI is InChI=1S/C31H42IN3O7.C8H10O3/c1-6-7-11-16-33-28(37)24(19-22-14-15-26(23(32)17-22)41-20-27(36)40-5)34-29(38)25(18-21-12-9-8-10-13-21)35-30(39)42-31(2,3)4;1-4(2)11-8-5(3)6(9)7(8)10/h8-10,12-15,17,24-25H,6-7,11,16,18-20H2,1-5H3,(H,33,37)(H,34,38)(H,35,39);4H,1-3H3/t24-,25-;/m0./s1. The molecule has 3 aromatic rings. The molecule has 0 aliphatic rings. The van der Waals surface area contributed by atoms with Crippen molar-refractivity contribution in [1.82, 2.24) is 16.0 Å². The van der Waals surface area contributed by atoms with E-state index in [-0.39, 0.29) is 37.2 Å². The first-order valence-corrected chi connectivity index (χ1v) is 18.6. The summed E-state index contributed by atoms with van der Waals surface area (Å²) in [6.45, 7) is 12.8. The van der Waals surface area contributed by atoms with Crippen LogP contribution in [0.25, 0.3) is 0 Å². The van der Waals surface area contributed by atoms with Gasteiger partial charge >= 0.3 is 12.1 Å². The Morgan fingerprint density at radius 2 is 1.49 bits per heavy atom. The molecule has 13 nitrogen and oxygen atoms in total. The van der Waals surface area contributed by atoms with Crippen LogP contribution in [-0.2, 0) is 36.7 Å². The van der Waals surface area contributed by atoms with Gasteiger partial charge in [-0.3, -0.25) is 19.2 Å². The number of methoxy groups -OCH3 is 1. The molecule has 2 atom stereocenters. The number of amides is 3. The van der Waals surface area contributed by atoms with Crippen molar-refractivity contribution in [3.63, 3.8) is 0 Å². The van der Waals surface area contributed by atoms with Gasteiger partial charge in [0.05, 0.1) is 16.8 Å². The lowest BCUT2D eigenvalue weighted by Gasteiger charge is -2.25. The molecule has 3 amide bonds. The van der Waals surface area contributed by atoms with Crippen molar-refractivity contribution < 1.29 is 38.1 Å². The Morgan fingerprint density at radius 3 is 2.06 bits per heavy atom.